The van der Waals surface area contributed by atoms with Gasteiger partial charge in [-0.15, -0.1) is 0 Å². The van der Waals surface area contributed by atoms with Gasteiger partial charge >= 0.3 is 0 Å². The van der Waals surface area contributed by atoms with E-state index < -0.39 is 0 Å². The van der Waals surface area contributed by atoms with Gasteiger partial charge in [-0.1, -0.05) is 30.3 Å². The number of hydrogen-bond donors (Lipinski definition) is 1. The number of hydrogen-bond acceptors (Lipinski definition) is 3. The van der Waals surface area contributed by atoms with Crippen LogP contribution in [0.1, 0.15) is 38.1 Å². The van der Waals surface area contributed by atoms with Gasteiger partial charge in [0.15, 0.2) is 0 Å². The van der Waals surface area contributed by atoms with E-state index in [1.54, 1.807) is 0 Å². The van der Waals surface area contributed by atoms with Crippen LogP contribution in [0.2, 0.25) is 0 Å². The Labute approximate surface area is 120 Å². The first kappa shape index (κ1) is 14.8. The van der Waals surface area contributed by atoms with E-state index in [2.05, 4.69) is 23.4 Å². The lowest BCUT2D eigenvalue weighted by atomic mass is 10.0. The van der Waals surface area contributed by atoms with Crippen LogP contribution in [-0.4, -0.2) is 21.8 Å². The molecule has 2 N–H and O–H groups in total. The minimum absolute atomic E-state index is 0.170. The fourth-order valence-electron chi connectivity index (χ4n) is 2.40. The van der Waals surface area contributed by atoms with E-state index in [-0.39, 0.29) is 11.6 Å². The fraction of sp³-hybridized carbons (Fsp3) is 0.438. The number of nitrogens with two attached hydrogens (primary N) is 1. The van der Waals surface area contributed by atoms with Gasteiger partial charge in [0.2, 0.25) is 0 Å². The number of rotatable bonds is 6. The van der Waals surface area contributed by atoms with Crippen LogP contribution in [0.3, 0.4) is 0 Å². The molecule has 1 aromatic heterocycles. The van der Waals surface area contributed by atoms with Crippen LogP contribution in [0.25, 0.3) is 0 Å². The Morgan fingerprint density at radius 1 is 1.30 bits per heavy atom. The van der Waals surface area contributed by atoms with E-state index in [9.17, 15) is 0 Å². The Hall–Kier alpha value is -1.65. The number of aromatic nitrogens is 2. The first-order valence-corrected chi connectivity index (χ1v) is 6.98. The van der Waals surface area contributed by atoms with Gasteiger partial charge in [-0.3, -0.25) is 0 Å². The van der Waals surface area contributed by atoms with Crippen molar-refractivity contribution in [1.29, 1.82) is 0 Å². The van der Waals surface area contributed by atoms with E-state index in [0.717, 1.165) is 17.8 Å². The number of benzene rings is 1. The highest BCUT2D eigenvalue weighted by Crippen LogP contribution is 2.21. The van der Waals surface area contributed by atoms with Crippen LogP contribution < -0.4 is 5.73 Å². The van der Waals surface area contributed by atoms with Crippen molar-refractivity contribution < 1.29 is 4.74 Å². The average Bonchev–Trinajstić information content (AvgIpc) is 2.86. The van der Waals surface area contributed by atoms with Crippen LogP contribution in [-0.2, 0) is 11.3 Å². The topological polar surface area (TPSA) is 53.1 Å². The summed E-state index contributed by atoms with van der Waals surface area (Å²) in [5.41, 5.74) is 8.21. The summed E-state index contributed by atoms with van der Waals surface area (Å²) in [6, 6.07) is 9.90. The highest BCUT2D eigenvalue weighted by Gasteiger charge is 2.22. The summed E-state index contributed by atoms with van der Waals surface area (Å²) in [6.45, 7) is 7.59. The Balaban J connectivity index is 2.21. The molecular formula is C16H23N3O. The van der Waals surface area contributed by atoms with Gasteiger partial charge in [0, 0.05) is 6.61 Å². The van der Waals surface area contributed by atoms with Crippen LogP contribution in [0, 0.1) is 0 Å². The van der Waals surface area contributed by atoms with Gasteiger partial charge in [0.1, 0.15) is 0 Å². The molecule has 4 heteroatoms. The predicted molar refractivity (Wildman–Crippen MR) is 80.4 cm³/mol. The van der Waals surface area contributed by atoms with Crippen molar-refractivity contribution >= 4 is 0 Å². The minimum Gasteiger partial charge on any atom is -0.374 e. The molecule has 0 aliphatic heterocycles. The van der Waals surface area contributed by atoms with E-state index >= 15 is 0 Å². The quantitative estimate of drug-likeness (QED) is 0.880. The average molecular weight is 273 g/mol. The second kappa shape index (κ2) is 6.20. The van der Waals surface area contributed by atoms with Crippen molar-refractivity contribution in [2.45, 2.75) is 39.0 Å². The molecule has 1 heterocycles. The molecule has 0 radical (unpaired) electrons. The highest BCUT2D eigenvalue weighted by molar-refractivity contribution is 5.26. The van der Waals surface area contributed by atoms with Crippen LogP contribution in [0.4, 0.5) is 0 Å². The van der Waals surface area contributed by atoms with Gasteiger partial charge in [0.05, 0.1) is 36.4 Å². The molecule has 0 saturated heterocycles. The lowest BCUT2D eigenvalue weighted by Gasteiger charge is -2.27. The zero-order chi connectivity index (χ0) is 14.6. The fourth-order valence-corrected chi connectivity index (χ4v) is 2.40. The molecule has 108 valence electrons. The molecule has 0 aliphatic rings. The first-order chi connectivity index (χ1) is 9.53. The first-order valence-electron chi connectivity index (χ1n) is 6.98. The summed E-state index contributed by atoms with van der Waals surface area (Å²) >= 11 is 0. The van der Waals surface area contributed by atoms with Crippen molar-refractivity contribution in [3.8, 4) is 0 Å². The van der Waals surface area contributed by atoms with Crippen molar-refractivity contribution in [3.05, 3.63) is 54.1 Å². The Morgan fingerprint density at radius 2 is 2.00 bits per heavy atom. The number of nitrogens with zero attached hydrogens (tertiary/aromatic N) is 2. The summed E-state index contributed by atoms with van der Waals surface area (Å²) in [7, 11) is 0. The summed E-state index contributed by atoms with van der Waals surface area (Å²) in [4.78, 5) is 4.24. The van der Waals surface area contributed by atoms with Crippen molar-refractivity contribution in [2.75, 3.05) is 6.61 Å². The van der Waals surface area contributed by atoms with Gasteiger partial charge in [-0.25, -0.2) is 4.98 Å². The highest BCUT2D eigenvalue weighted by atomic mass is 16.5. The van der Waals surface area contributed by atoms with E-state index in [1.165, 1.54) is 0 Å². The standard InChI is InChI=1S/C16H23N3O/c1-4-20-16(2,3)11-19-12-18-10-14(19)15(17)13-8-6-5-7-9-13/h5-10,12,15H,4,11,17H2,1-3H3. The summed E-state index contributed by atoms with van der Waals surface area (Å²) < 4.78 is 7.83. The van der Waals surface area contributed by atoms with Crippen molar-refractivity contribution in [3.63, 3.8) is 0 Å². The molecule has 1 unspecified atom stereocenters. The normalized spacial score (nSPS) is 13.4. The van der Waals surface area contributed by atoms with Crippen LogP contribution in [0.5, 0.6) is 0 Å². The zero-order valence-corrected chi connectivity index (χ0v) is 12.4. The summed E-state index contributed by atoms with van der Waals surface area (Å²) in [6.07, 6.45) is 3.65. The Morgan fingerprint density at radius 3 is 2.65 bits per heavy atom. The van der Waals surface area contributed by atoms with Crippen LogP contribution in [0.15, 0.2) is 42.9 Å². The number of ether oxygens (including phenoxy) is 1. The van der Waals surface area contributed by atoms with Gasteiger partial charge in [-0.2, -0.15) is 0 Å². The third-order valence-electron chi connectivity index (χ3n) is 3.31. The smallest absolute Gasteiger partial charge is 0.0949 e. The maximum atomic E-state index is 6.35. The van der Waals surface area contributed by atoms with Crippen LogP contribution >= 0.6 is 0 Å². The zero-order valence-electron chi connectivity index (χ0n) is 12.4. The molecule has 0 bridgehead atoms. The molecule has 1 aromatic carbocycles. The maximum Gasteiger partial charge on any atom is 0.0949 e. The van der Waals surface area contributed by atoms with Crippen molar-refractivity contribution in [2.24, 2.45) is 5.73 Å². The molecule has 2 aromatic rings. The SMILES string of the molecule is CCOC(C)(C)Cn1cncc1C(N)c1ccccc1. The Bertz CT molecular complexity index is 534. The largest absolute Gasteiger partial charge is 0.374 e. The third-order valence-corrected chi connectivity index (χ3v) is 3.31. The number of imidazole rings is 1. The molecule has 0 spiro atoms. The lowest BCUT2D eigenvalue weighted by molar-refractivity contribution is -0.0229. The molecular weight excluding hydrogens is 250 g/mol. The lowest BCUT2D eigenvalue weighted by Crippen LogP contribution is -2.32. The third kappa shape index (κ3) is 3.46. The minimum atomic E-state index is -0.236. The summed E-state index contributed by atoms with van der Waals surface area (Å²) in [5, 5.41) is 0. The van der Waals surface area contributed by atoms with E-state index in [0.29, 0.717) is 6.61 Å². The molecule has 0 fully saturated rings. The molecule has 20 heavy (non-hydrogen) atoms. The molecule has 1 atom stereocenters. The van der Waals surface area contributed by atoms with Gasteiger partial charge in [-0.05, 0) is 26.3 Å². The van der Waals surface area contributed by atoms with E-state index in [4.69, 9.17) is 10.5 Å². The second-order valence-corrected chi connectivity index (χ2v) is 5.53. The van der Waals surface area contributed by atoms with Gasteiger partial charge < -0.3 is 15.0 Å². The molecule has 2 rings (SSSR count). The molecule has 0 amide bonds. The Kier molecular flexibility index (Phi) is 4.57. The summed E-state index contributed by atoms with van der Waals surface area (Å²) in [5.74, 6) is 0. The van der Waals surface area contributed by atoms with Crippen molar-refractivity contribution in [1.82, 2.24) is 9.55 Å². The molecule has 0 saturated carbocycles. The monoisotopic (exact) mass is 273 g/mol. The second-order valence-electron chi connectivity index (χ2n) is 5.53. The van der Waals surface area contributed by atoms with Gasteiger partial charge in [0.25, 0.3) is 0 Å². The maximum absolute atomic E-state index is 6.35. The molecule has 0 aliphatic carbocycles. The van der Waals surface area contributed by atoms with E-state index in [1.807, 2.05) is 49.8 Å². The molecule has 4 nitrogen and oxygen atoms in total. The predicted octanol–water partition coefficient (Wildman–Crippen LogP) is 2.75.